The van der Waals surface area contributed by atoms with Gasteiger partial charge in [0, 0.05) is 36.8 Å². The Hall–Kier alpha value is -3.02. The second-order valence-electron chi connectivity index (χ2n) is 7.67. The normalized spacial score (nSPS) is 17.6. The Morgan fingerprint density at radius 3 is 2.50 bits per heavy atom. The molecule has 0 atom stereocenters. The molecule has 3 aromatic rings. The molecule has 0 amide bonds. The van der Waals surface area contributed by atoms with Crippen LogP contribution in [-0.2, 0) is 0 Å². The summed E-state index contributed by atoms with van der Waals surface area (Å²) in [5.74, 6) is 2.07. The summed E-state index contributed by atoms with van der Waals surface area (Å²) in [6.07, 6.45) is 7.55. The summed E-state index contributed by atoms with van der Waals surface area (Å²) in [6, 6.07) is 12.0. The molecule has 0 bridgehead atoms. The van der Waals surface area contributed by atoms with Crippen LogP contribution in [0.15, 0.2) is 48.8 Å². The molecule has 1 aliphatic heterocycles. The molecule has 2 aliphatic rings. The van der Waals surface area contributed by atoms with Crippen LogP contribution in [0.2, 0.25) is 0 Å². The maximum absolute atomic E-state index is 12.8. The number of Topliss-reactive ketones (excluding diaryl/α,β-unsaturated/α-hetero) is 1. The summed E-state index contributed by atoms with van der Waals surface area (Å²) >= 11 is 0. The first-order valence-electron chi connectivity index (χ1n) is 10.0. The van der Waals surface area contributed by atoms with E-state index in [1.54, 1.807) is 12.4 Å². The van der Waals surface area contributed by atoms with Gasteiger partial charge in [0.05, 0.1) is 11.7 Å². The van der Waals surface area contributed by atoms with Crippen molar-refractivity contribution in [2.24, 2.45) is 5.92 Å². The van der Waals surface area contributed by atoms with E-state index in [0.29, 0.717) is 6.04 Å². The zero-order chi connectivity index (χ0) is 18.9. The first-order valence-corrected chi connectivity index (χ1v) is 10.0. The van der Waals surface area contributed by atoms with E-state index in [1.165, 1.54) is 12.8 Å². The van der Waals surface area contributed by atoms with E-state index >= 15 is 0 Å². The Morgan fingerprint density at radius 1 is 0.964 bits per heavy atom. The molecule has 2 fully saturated rings. The molecule has 0 radical (unpaired) electrons. The van der Waals surface area contributed by atoms with E-state index < -0.39 is 0 Å². The van der Waals surface area contributed by atoms with Crippen LogP contribution in [-0.4, -0.2) is 39.9 Å². The highest BCUT2D eigenvalue weighted by atomic mass is 16.1. The number of piperidine rings is 1. The molecular formula is C22H23N5O. The summed E-state index contributed by atoms with van der Waals surface area (Å²) in [5, 5.41) is 3.53. The summed E-state index contributed by atoms with van der Waals surface area (Å²) < 4.78 is 0. The molecule has 2 aromatic heterocycles. The SMILES string of the molecule is O=C(c1ccccc1)C1CCN(c2nc3cnccc3nc2NC2CC2)CC1. The van der Waals surface area contributed by atoms with Crippen molar-refractivity contribution in [1.29, 1.82) is 0 Å². The van der Waals surface area contributed by atoms with Gasteiger partial charge in [-0.25, -0.2) is 9.97 Å². The summed E-state index contributed by atoms with van der Waals surface area (Å²) in [7, 11) is 0. The van der Waals surface area contributed by atoms with Gasteiger partial charge in [-0.2, -0.15) is 0 Å². The van der Waals surface area contributed by atoms with Crippen LogP contribution in [0.5, 0.6) is 0 Å². The molecule has 1 saturated heterocycles. The van der Waals surface area contributed by atoms with Crippen LogP contribution in [0.4, 0.5) is 11.6 Å². The van der Waals surface area contributed by atoms with Crippen molar-refractivity contribution in [3.05, 3.63) is 54.4 Å². The molecular weight excluding hydrogens is 350 g/mol. The highest BCUT2D eigenvalue weighted by molar-refractivity contribution is 5.98. The molecule has 5 rings (SSSR count). The molecule has 1 aliphatic carbocycles. The van der Waals surface area contributed by atoms with Crippen molar-refractivity contribution in [3.63, 3.8) is 0 Å². The minimum Gasteiger partial charge on any atom is -0.364 e. The van der Waals surface area contributed by atoms with Crippen molar-refractivity contribution in [1.82, 2.24) is 15.0 Å². The topological polar surface area (TPSA) is 71.0 Å². The van der Waals surface area contributed by atoms with Gasteiger partial charge in [-0.3, -0.25) is 9.78 Å². The molecule has 1 saturated carbocycles. The predicted octanol–water partition coefficient (Wildman–Crippen LogP) is 3.70. The van der Waals surface area contributed by atoms with Crippen molar-refractivity contribution in [3.8, 4) is 0 Å². The molecule has 28 heavy (non-hydrogen) atoms. The molecule has 6 nitrogen and oxygen atoms in total. The van der Waals surface area contributed by atoms with Gasteiger partial charge in [-0.05, 0) is 31.7 Å². The number of hydrogen-bond donors (Lipinski definition) is 1. The average Bonchev–Trinajstić information content (AvgIpc) is 3.57. The van der Waals surface area contributed by atoms with Crippen LogP contribution in [0.1, 0.15) is 36.0 Å². The third kappa shape index (κ3) is 3.42. The number of aromatic nitrogens is 3. The smallest absolute Gasteiger partial charge is 0.172 e. The van der Waals surface area contributed by atoms with Crippen molar-refractivity contribution in [2.45, 2.75) is 31.7 Å². The lowest BCUT2D eigenvalue weighted by Gasteiger charge is -2.33. The third-order valence-corrected chi connectivity index (χ3v) is 5.59. The summed E-state index contributed by atoms with van der Waals surface area (Å²) in [5.41, 5.74) is 2.48. The minimum atomic E-state index is 0.0774. The maximum atomic E-state index is 12.8. The largest absolute Gasteiger partial charge is 0.364 e. The zero-order valence-corrected chi connectivity index (χ0v) is 15.7. The molecule has 3 heterocycles. The Balaban J connectivity index is 1.36. The summed E-state index contributed by atoms with van der Waals surface area (Å²) in [4.78, 5) is 28.9. The fraction of sp³-hybridized carbons (Fsp3) is 0.364. The second-order valence-corrected chi connectivity index (χ2v) is 7.67. The highest BCUT2D eigenvalue weighted by Gasteiger charge is 2.29. The van der Waals surface area contributed by atoms with Gasteiger partial charge in [0.1, 0.15) is 5.52 Å². The lowest BCUT2D eigenvalue weighted by atomic mass is 9.89. The Labute approximate surface area is 164 Å². The number of ketones is 1. The molecule has 6 heteroatoms. The van der Waals surface area contributed by atoms with Crippen LogP contribution in [0.3, 0.4) is 0 Å². The van der Waals surface area contributed by atoms with Crippen LogP contribution in [0, 0.1) is 5.92 Å². The van der Waals surface area contributed by atoms with Gasteiger partial charge in [0.15, 0.2) is 17.4 Å². The van der Waals surface area contributed by atoms with E-state index in [9.17, 15) is 4.79 Å². The van der Waals surface area contributed by atoms with Crippen molar-refractivity contribution < 1.29 is 4.79 Å². The first-order chi connectivity index (χ1) is 13.8. The summed E-state index contributed by atoms with van der Waals surface area (Å²) in [6.45, 7) is 1.62. The lowest BCUT2D eigenvalue weighted by molar-refractivity contribution is 0.0900. The fourth-order valence-corrected chi connectivity index (χ4v) is 3.83. The van der Waals surface area contributed by atoms with Crippen molar-refractivity contribution >= 4 is 28.5 Å². The van der Waals surface area contributed by atoms with E-state index in [-0.39, 0.29) is 11.7 Å². The quantitative estimate of drug-likeness (QED) is 0.688. The van der Waals surface area contributed by atoms with E-state index in [0.717, 1.165) is 54.2 Å². The Morgan fingerprint density at radius 2 is 1.75 bits per heavy atom. The number of nitrogens with zero attached hydrogens (tertiary/aromatic N) is 4. The van der Waals surface area contributed by atoms with Crippen LogP contribution >= 0.6 is 0 Å². The maximum Gasteiger partial charge on any atom is 0.172 e. The third-order valence-electron chi connectivity index (χ3n) is 5.59. The van der Waals surface area contributed by atoms with Gasteiger partial charge in [0.25, 0.3) is 0 Å². The number of anilines is 2. The number of nitrogens with one attached hydrogen (secondary N) is 1. The van der Waals surface area contributed by atoms with E-state index in [2.05, 4.69) is 15.2 Å². The van der Waals surface area contributed by atoms with Gasteiger partial charge >= 0.3 is 0 Å². The number of fused-ring (bicyclic) bond motifs is 1. The fourth-order valence-electron chi connectivity index (χ4n) is 3.83. The first kappa shape index (κ1) is 17.1. The molecule has 1 N–H and O–H groups in total. The second kappa shape index (κ2) is 7.19. The minimum absolute atomic E-state index is 0.0774. The standard InChI is InChI=1S/C22H23N5O/c28-20(15-4-2-1-3-5-15)16-9-12-27(13-10-16)22-21(24-17-6-7-17)25-18-8-11-23-14-19(18)26-22/h1-5,8,11,14,16-17H,6-7,9-10,12-13H2,(H,24,25). The predicted molar refractivity (Wildman–Crippen MR) is 110 cm³/mol. The van der Waals surface area contributed by atoms with Crippen LogP contribution in [0.25, 0.3) is 11.0 Å². The lowest BCUT2D eigenvalue weighted by Crippen LogP contribution is -2.37. The molecule has 0 unspecified atom stereocenters. The van der Waals surface area contributed by atoms with Gasteiger partial charge < -0.3 is 10.2 Å². The number of carbonyl (C=O) groups is 1. The molecule has 0 spiro atoms. The highest BCUT2D eigenvalue weighted by Crippen LogP contribution is 2.33. The van der Waals surface area contributed by atoms with Crippen LogP contribution < -0.4 is 10.2 Å². The molecule has 142 valence electrons. The Bertz CT molecular complexity index is 994. The number of pyridine rings is 1. The number of hydrogen-bond acceptors (Lipinski definition) is 6. The van der Waals surface area contributed by atoms with Crippen molar-refractivity contribution in [2.75, 3.05) is 23.3 Å². The number of carbonyl (C=O) groups excluding carboxylic acids is 1. The van der Waals surface area contributed by atoms with E-state index in [1.807, 2.05) is 36.4 Å². The zero-order valence-electron chi connectivity index (χ0n) is 15.7. The van der Waals surface area contributed by atoms with Gasteiger partial charge in [-0.1, -0.05) is 30.3 Å². The Kier molecular flexibility index (Phi) is 4.39. The van der Waals surface area contributed by atoms with Gasteiger partial charge in [-0.15, -0.1) is 0 Å². The van der Waals surface area contributed by atoms with Gasteiger partial charge in [0.2, 0.25) is 0 Å². The number of benzene rings is 1. The van der Waals surface area contributed by atoms with E-state index in [4.69, 9.17) is 9.97 Å². The number of rotatable bonds is 5. The average molecular weight is 373 g/mol. The monoisotopic (exact) mass is 373 g/mol. The molecule has 1 aromatic carbocycles.